The molecule has 0 aliphatic rings. The lowest BCUT2D eigenvalue weighted by Crippen LogP contribution is -2.12. The summed E-state index contributed by atoms with van der Waals surface area (Å²) in [5.41, 5.74) is 7.06. The summed E-state index contributed by atoms with van der Waals surface area (Å²) in [5, 5.41) is 9.70. The number of carboxylic acid groups (broad SMARTS) is 1. The number of rotatable bonds is 22. The number of aromatic carboxylic acids is 1. The van der Waals surface area contributed by atoms with Gasteiger partial charge in [0.1, 0.15) is 5.82 Å². The molecule has 0 amide bonds. The van der Waals surface area contributed by atoms with Gasteiger partial charge in [0.15, 0.2) is 5.43 Å². The molecule has 0 radical (unpaired) electrons. The van der Waals surface area contributed by atoms with Crippen molar-refractivity contribution in [3.05, 3.63) is 99.0 Å². The van der Waals surface area contributed by atoms with Crippen LogP contribution in [0.15, 0.2) is 65.5 Å². The lowest BCUT2D eigenvalue weighted by atomic mass is 9.99. The summed E-state index contributed by atoms with van der Waals surface area (Å²) >= 11 is 0. The van der Waals surface area contributed by atoms with Gasteiger partial charge in [-0.05, 0) is 67.0 Å². The van der Waals surface area contributed by atoms with Crippen LogP contribution in [0.3, 0.4) is 0 Å². The number of nitrogens with zero attached hydrogens (tertiary/aromatic N) is 2. The molecule has 0 spiro atoms. The SMILES string of the molecule is CCCCCCCCCc1cc2nc(CCC)n(Cc3ccc(-c4ccccc4C(=O)O)cc3)c2cc(CCCCCCCCC)c1=O. The van der Waals surface area contributed by atoms with Gasteiger partial charge in [-0.1, -0.05) is 140 Å². The zero-order valence-corrected chi connectivity index (χ0v) is 29.9. The number of imidazole rings is 1. The highest BCUT2D eigenvalue weighted by atomic mass is 16.4. The Kier molecular flexibility index (Phi) is 15.4. The average Bonchev–Trinajstić information content (AvgIpc) is 3.33. The van der Waals surface area contributed by atoms with Gasteiger partial charge in [0.05, 0.1) is 16.6 Å². The van der Waals surface area contributed by atoms with Crippen LogP contribution in [0.25, 0.3) is 22.2 Å². The fourth-order valence-corrected chi connectivity index (χ4v) is 6.86. The van der Waals surface area contributed by atoms with Gasteiger partial charge < -0.3 is 9.67 Å². The van der Waals surface area contributed by atoms with E-state index in [4.69, 9.17) is 4.98 Å². The van der Waals surface area contributed by atoms with Crippen LogP contribution >= 0.6 is 0 Å². The molecule has 0 bridgehead atoms. The van der Waals surface area contributed by atoms with Crippen LogP contribution < -0.4 is 5.43 Å². The number of carboxylic acids is 1. The molecule has 3 aromatic carbocycles. The summed E-state index contributed by atoms with van der Waals surface area (Å²) in [4.78, 5) is 31.0. The van der Waals surface area contributed by atoms with Crippen molar-refractivity contribution in [2.24, 2.45) is 0 Å². The number of hydrogen-bond donors (Lipinski definition) is 1. The summed E-state index contributed by atoms with van der Waals surface area (Å²) < 4.78 is 2.31. The zero-order chi connectivity index (χ0) is 34.1. The Morgan fingerprint density at radius 3 is 1.81 bits per heavy atom. The van der Waals surface area contributed by atoms with Gasteiger partial charge >= 0.3 is 5.97 Å². The van der Waals surface area contributed by atoms with E-state index in [0.29, 0.717) is 12.1 Å². The first-order valence-electron chi connectivity index (χ1n) is 18.9. The second-order valence-electron chi connectivity index (χ2n) is 13.6. The van der Waals surface area contributed by atoms with Crippen molar-refractivity contribution in [3.63, 3.8) is 0 Å². The van der Waals surface area contributed by atoms with Crippen molar-refractivity contribution in [2.45, 2.75) is 143 Å². The monoisotopic (exact) mass is 650 g/mol. The molecule has 258 valence electrons. The number of aromatic nitrogens is 2. The first kappa shape index (κ1) is 37.1. The lowest BCUT2D eigenvalue weighted by molar-refractivity contribution is 0.0697. The molecule has 0 saturated carbocycles. The molecule has 0 fully saturated rings. The van der Waals surface area contributed by atoms with Crippen LogP contribution in [-0.4, -0.2) is 20.6 Å². The quantitative estimate of drug-likeness (QED) is 0.0859. The maximum absolute atomic E-state index is 14.0. The topological polar surface area (TPSA) is 72.2 Å². The third kappa shape index (κ3) is 10.6. The predicted molar refractivity (Wildman–Crippen MR) is 201 cm³/mol. The second kappa shape index (κ2) is 19.9. The highest BCUT2D eigenvalue weighted by molar-refractivity contribution is 5.96. The van der Waals surface area contributed by atoms with Gasteiger partial charge in [-0.2, -0.15) is 0 Å². The lowest BCUT2D eigenvalue weighted by Gasteiger charge is -2.11. The third-order valence-corrected chi connectivity index (χ3v) is 9.66. The van der Waals surface area contributed by atoms with E-state index in [9.17, 15) is 14.7 Å². The third-order valence-electron chi connectivity index (χ3n) is 9.66. The molecule has 4 aromatic rings. The minimum absolute atomic E-state index is 0.218. The maximum atomic E-state index is 14.0. The molecule has 4 rings (SSSR count). The van der Waals surface area contributed by atoms with Gasteiger partial charge in [0, 0.05) is 24.1 Å². The Morgan fingerprint density at radius 1 is 0.667 bits per heavy atom. The van der Waals surface area contributed by atoms with Crippen LogP contribution in [0.1, 0.15) is 150 Å². The Hall–Kier alpha value is -3.73. The molecule has 1 heterocycles. The first-order valence-corrected chi connectivity index (χ1v) is 18.9. The molecular formula is C43H58N2O3. The van der Waals surface area contributed by atoms with Crippen molar-refractivity contribution in [2.75, 3.05) is 0 Å². The first-order chi connectivity index (χ1) is 23.5. The zero-order valence-electron chi connectivity index (χ0n) is 29.9. The molecule has 0 saturated heterocycles. The summed E-state index contributed by atoms with van der Waals surface area (Å²) in [6, 6.07) is 19.6. The largest absolute Gasteiger partial charge is 0.478 e. The Morgan fingerprint density at radius 2 is 1.23 bits per heavy atom. The van der Waals surface area contributed by atoms with Crippen molar-refractivity contribution in [1.29, 1.82) is 0 Å². The fraction of sp³-hybridized carbons (Fsp3) is 0.512. The number of hydrogen-bond acceptors (Lipinski definition) is 3. The number of fused-ring (bicyclic) bond motifs is 1. The molecule has 5 nitrogen and oxygen atoms in total. The second-order valence-corrected chi connectivity index (χ2v) is 13.6. The Balaban J connectivity index is 1.64. The highest BCUT2D eigenvalue weighted by Gasteiger charge is 2.16. The van der Waals surface area contributed by atoms with Crippen LogP contribution in [0.2, 0.25) is 0 Å². The van der Waals surface area contributed by atoms with E-state index in [-0.39, 0.29) is 5.43 Å². The van der Waals surface area contributed by atoms with Crippen molar-refractivity contribution < 1.29 is 9.90 Å². The van der Waals surface area contributed by atoms with Crippen LogP contribution in [0.5, 0.6) is 0 Å². The summed E-state index contributed by atoms with van der Waals surface area (Å²) in [6.45, 7) is 7.34. The number of carbonyl (C=O) groups is 1. The van der Waals surface area contributed by atoms with Gasteiger partial charge in [0.2, 0.25) is 0 Å². The Bertz CT molecular complexity index is 1640. The number of benzene rings is 2. The highest BCUT2D eigenvalue weighted by Crippen LogP contribution is 2.26. The van der Waals surface area contributed by atoms with Gasteiger partial charge in [-0.25, -0.2) is 9.78 Å². The summed E-state index contributed by atoms with van der Waals surface area (Å²) in [7, 11) is 0. The molecule has 1 N–H and O–H groups in total. The van der Waals surface area contributed by atoms with Gasteiger partial charge in [-0.15, -0.1) is 0 Å². The Labute approximate surface area is 288 Å². The van der Waals surface area contributed by atoms with E-state index < -0.39 is 5.97 Å². The molecular weight excluding hydrogens is 592 g/mol. The minimum atomic E-state index is -0.923. The van der Waals surface area contributed by atoms with Crippen LogP contribution in [-0.2, 0) is 25.8 Å². The molecule has 0 unspecified atom stereocenters. The van der Waals surface area contributed by atoms with E-state index in [2.05, 4.69) is 49.6 Å². The molecule has 48 heavy (non-hydrogen) atoms. The molecule has 5 heteroatoms. The van der Waals surface area contributed by atoms with E-state index in [0.717, 1.165) is 89.6 Å². The summed E-state index contributed by atoms with van der Waals surface area (Å²) in [6.07, 6.45) is 20.7. The van der Waals surface area contributed by atoms with E-state index >= 15 is 0 Å². The summed E-state index contributed by atoms with van der Waals surface area (Å²) in [5.74, 6) is 0.128. The van der Waals surface area contributed by atoms with Crippen molar-refractivity contribution >= 4 is 17.0 Å². The van der Waals surface area contributed by atoms with Gasteiger partial charge in [0.25, 0.3) is 0 Å². The van der Waals surface area contributed by atoms with E-state index in [1.54, 1.807) is 12.1 Å². The fourth-order valence-electron chi connectivity index (χ4n) is 6.86. The molecule has 0 aliphatic heterocycles. The molecule has 1 aromatic heterocycles. The number of unbranched alkanes of at least 4 members (excludes halogenated alkanes) is 12. The standard InChI is InChI=1S/C43H58N2O3/c1-4-7-9-11-13-15-17-22-35-30-39-40(31-36(42(35)46)23-18-16-14-12-10-8-5-2)45(41(44-39)21-6-3)32-33-26-28-34(29-27-33)37-24-19-20-25-38(37)43(47)48/h19-20,24-31H,4-18,21-23,32H2,1-3H3,(H,47,48). The van der Waals surface area contributed by atoms with Gasteiger partial charge in [-0.3, -0.25) is 4.79 Å². The maximum Gasteiger partial charge on any atom is 0.336 e. The van der Waals surface area contributed by atoms with Crippen molar-refractivity contribution in [1.82, 2.24) is 9.55 Å². The normalized spacial score (nSPS) is 11.4. The van der Waals surface area contributed by atoms with E-state index in [1.807, 2.05) is 24.3 Å². The smallest absolute Gasteiger partial charge is 0.336 e. The number of aryl methyl sites for hydroxylation is 3. The predicted octanol–water partition coefficient (Wildman–Crippen LogP) is 11.3. The molecule has 0 atom stereocenters. The van der Waals surface area contributed by atoms with E-state index in [1.165, 1.54) is 70.6 Å². The van der Waals surface area contributed by atoms with Crippen molar-refractivity contribution in [3.8, 4) is 11.1 Å². The minimum Gasteiger partial charge on any atom is -0.478 e. The van der Waals surface area contributed by atoms with Crippen LogP contribution in [0.4, 0.5) is 0 Å². The van der Waals surface area contributed by atoms with Crippen LogP contribution in [0, 0.1) is 0 Å². The molecule has 0 aliphatic carbocycles. The average molecular weight is 651 g/mol.